The zero-order chi connectivity index (χ0) is 17.7. The van der Waals surface area contributed by atoms with Crippen molar-refractivity contribution in [1.82, 2.24) is 20.9 Å². The highest BCUT2D eigenvalue weighted by Gasteiger charge is 2.49. The summed E-state index contributed by atoms with van der Waals surface area (Å²) < 4.78 is 0. The number of imide groups is 1. The van der Waals surface area contributed by atoms with Crippen molar-refractivity contribution < 1.29 is 14.4 Å². The van der Waals surface area contributed by atoms with Crippen molar-refractivity contribution in [2.75, 3.05) is 26.7 Å². The lowest BCUT2D eigenvalue weighted by Crippen LogP contribution is -2.43. The van der Waals surface area contributed by atoms with Crippen molar-refractivity contribution >= 4 is 30.3 Å². The first kappa shape index (κ1) is 20.9. The van der Waals surface area contributed by atoms with Crippen LogP contribution in [0.1, 0.15) is 24.5 Å². The molecule has 1 saturated heterocycles. The number of rotatable bonds is 7. The average molecular weight is 369 g/mol. The van der Waals surface area contributed by atoms with Crippen LogP contribution in [-0.2, 0) is 15.1 Å². The third kappa shape index (κ3) is 4.70. The van der Waals surface area contributed by atoms with E-state index in [2.05, 4.69) is 16.0 Å². The molecule has 0 saturated carbocycles. The van der Waals surface area contributed by atoms with E-state index in [-0.39, 0.29) is 24.9 Å². The number of nitrogens with one attached hydrogen (secondary N) is 3. The Morgan fingerprint density at radius 3 is 2.44 bits per heavy atom. The summed E-state index contributed by atoms with van der Waals surface area (Å²) in [6.45, 7) is 4.62. The number of carbonyl (C=O) groups is 3. The maximum absolute atomic E-state index is 12.7. The van der Waals surface area contributed by atoms with E-state index in [0.717, 1.165) is 23.4 Å². The van der Waals surface area contributed by atoms with Gasteiger partial charge in [0.15, 0.2) is 0 Å². The second-order valence-corrected chi connectivity index (χ2v) is 6.12. The SMILES string of the molecule is CNCCCNC(=O)CN1C(=O)NC(C)(c2ccc(C)cc2)C1=O.Cl. The molecule has 1 aromatic carbocycles. The number of urea groups is 1. The minimum absolute atomic E-state index is 0. The Morgan fingerprint density at radius 2 is 1.84 bits per heavy atom. The van der Waals surface area contributed by atoms with Gasteiger partial charge in [-0.1, -0.05) is 29.8 Å². The van der Waals surface area contributed by atoms with Crippen molar-refractivity contribution in [2.24, 2.45) is 0 Å². The van der Waals surface area contributed by atoms with Crippen LogP contribution in [0.15, 0.2) is 24.3 Å². The van der Waals surface area contributed by atoms with Crippen LogP contribution in [0.5, 0.6) is 0 Å². The summed E-state index contributed by atoms with van der Waals surface area (Å²) in [6.07, 6.45) is 0.781. The van der Waals surface area contributed by atoms with E-state index in [4.69, 9.17) is 0 Å². The second kappa shape index (κ2) is 8.82. The summed E-state index contributed by atoms with van der Waals surface area (Å²) in [5, 5.41) is 8.38. The first-order valence-electron chi connectivity index (χ1n) is 8.01. The molecule has 138 valence electrons. The molecular weight excluding hydrogens is 344 g/mol. The van der Waals surface area contributed by atoms with E-state index in [1.165, 1.54) is 0 Å². The van der Waals surface area contributed by atoms with Crippen molar-refractivity contribution in [3.63, 3.8) is 0 Å². The fourth-order valence-electron chi connectivity index (χ4n) is 2.62. The fourth-order valence-corrected chi connectivity index (χ4v) is 2.62. The predicted octanol–water partition coefficient (Wildman–Crippen LogP) is 0.910. The lowest BCUT2D eigenvalue weighted by Gasteiger charge is -2.22. The molecular formula is C17H25ClN4O3. The number of carbonyl (C=O) groups excluding carboxylic acids is 3. The molecule has 2 rings (SSSR count). The van der Waals surface area contributed by atoms with E-state index >= 15 is 0 Å². The van der Waals surface area contributed by atoms with Crippen molar-refractivity contribution in [3.05, 3.63) is 35.4 Å². The van der Waals surface area contributed by atoms with Gasteiger partial charge in [0.05, 0.1) is 0 Å². The van der Waals surface area contributed by atoms with E-state index in [0.29, 0.717) is 12.1 Å². The second-order valence-electron chi connectivity index (χ2n) is 6.12. The van der Waals surface area contributed by atoms with Gasteiger partial charge < -0.3 is 16.0 Å². The summed E-state index contributed by atoms with van der Waals surface area (Å²) in [7, 11) is 1.83. The van der Waals surface area contributed by atoms with Gasteiger partial charge in [0.1, 0.15) is 12.1 Å². The van der Waals surface area contributed by atoms with E-state index in [9.17, 15) is 14.4 Å². The normalized spacial score (nSPS) is 19.4. The van der Waals surface area contributed by atoms with Gasteiger partial charge in [-0.3, -0.25) is 14.5 Å². The predicted molar refractivity (Wildman–Crippen MR) is 97.6 cm³/mol. The van der Waals surface area contributed by atoms with Crippen LogP contribution in [-0.4, -0.2) is 49.4 Å². The highest BCUT2D eigenvalue weighted by Crippen LogP contribution is 2.28. The van der Waals surface area contributed by atoms with Crippen LogP contribution < -0.4 is 16.0 Å². The Balaban J connectivity index is 0.00000312. The molecule has 0 aromatic heterocycles. The lowest BCUT2D eigenvalue weighted by molar-refractivity contribution is -0.134. The molecule has 4 amide bonds. The number of hydrogen-bond acceptors (Lipinski definition) is 4. The summed E-state index contributed by atoms with van der Waals surface area (Å²) in [4.78, 5) is 37.7. The van der Waals surface area contributed by atoms with Gasteiger partial charge in [0.2, 0.25) is 5.91 Å². The Hall–Kier alpha value is -2.12. The maximum Gasteiger partial charge on any atom is 0.325 e. The molecule has 1 unspecified atom stereocenters. The molecule has 0 spiro atoms. The quantitative estimate of drug-likeness (QED) is 0.493. The standard InChI is InChI=1S/C17H24N4O3.ClH/c1-12-5-7-13(8-6-12)17(2)15(23)21(16(24)20-17)11-14(22)19-10-4-9-18-3;/h5-8,18H,4,9-11H2,1-3H3,(H,19,22)(H,20,24);1H. The Kier molecular flexibility index (Phi) is 7.38. The molecule has 1 aromatic rings. The Morgan fingerprint density at radius 1 is 1.20 bits per heavy atom. The van der Waals surface area contributed by atoms with Crippen molar-refractivity contribution in [3.8, 4) is 0 Å². The van der Waals surface area contributed by atoms with Crippen LogP contribution >= 0.6 is 12.4 Å². The van der Waals surface area contributed by atoms with Gasteiger partial charge in [0, 0.05) is 6.54 Å². The van der Waals surface area contributed by atoms with Crippen molar-refractivity contribution in [1.29, 1.82) is 0 Å². The molecule has 8 heteroatoms. The summed E-state index contributed by atoms with van der Waals surface area (Å²) in [5.74, 6) is -0.760. The minimum atomic E-state index is -1.14. The molecule has 1 heterocycles. The van der Waals surface area contributed by atoms with Crippen LogP contribution in [0.3, 0.4) is 0 Å². The molecule has 0 aliphatic carbocycles. The molecule has 1 aliphatic heterocycles. The number of benzene rings is 1. The summed E-state index contributed by atoms with van der Waals surface area (Å²) in [6, 6.07) is 6.85. The maximum atomic E-state index is 12.7. The number of nitrogens with zero attached hydrogens (tertiary/aromatic N) is 1. The zero-order valence-electron chi connectivity index (χ0n) is 14.7. The molecule has 25 heavy (non-hydrogen) atoms. The van der Waals surface area contributed by atoms with Gasteiger partial charge in [-0.05, 0) is 39.4 Å². The van der Waals surface area contributed by atoms with Crippen LogP contribution in [0, 0.1) is 6.92 Å². The molecule has 1 atom stereocenters. The highest BCUT2D eigenvalue weighted by molar-refractivity contribution is 6.09. The third-order valence-corrected chi connectivity index (χ3v) is 4.13. The molecule has 0 bridgehead atoms. The highest BCUT2D eigenvalue weighted by atomic mass is 35.5. The Bertz CT molecular complexity index is 635. The van der Waals surface area contributed by atoms with E-state index < -0.39 is 17.5 Å². The summed E-state index contributed by atoms with van der Waals surface area (Å²) in [5.41, 5.74) is 0.622. The number of halogens is 1. The van der Waals surface area contributed by atoms with E-state index in [1.807, 2.05) is 38.2 Å². The van der Waals surface area contributed by atoms with Gasteiger partial charge >= 0.3 is 6.03 Å². The molecule has 1 fully saturated rings. The lowest BCUT2D eigenvalue weighted by atomic mass is 9.91. The molecule has 0 radical (unpaired) electrons. The topological polar surface area (TPSA) is 90.5 Å². The monoisotopic (exact) mass is 368 g/mol. The molecule has 1 aliphatic rings. The third-order valence-electron chi connectivity index (χ3n) is 4.13. The van der Waals surface area contributed by atoms with Gasteiger partial charge in [0.25, 0.3) is 5.91 Å². The first-order valence-corrected chi connectivity index (χ1v) is 8.01. The first-order chi connectivity index (χ1) is 11.4. The van der Waals surface area contributed by atoms with Crippen LogP contribution in [0.2, 0.25) is 0 Å². The van der Waals surface area contributed by atoms with E-state index in [1.54, 1.807) is 6.92 Å². The number of amides is 4. The Labute approximate surface area is 153 Å². The smallest absolute Gasteiger partial charge is 0.325 e. The summed E-state index contributed by atoms with van der Waals surface area (Å²) >= 11 is 0. The molecule has 3 N–H and O–H groups in total. The van der Waals surface area contributed by atoms with Crippen LogP contribution in [0.4, 0.5) is 4.79 Å². The zero-order valence-corrected chi connectivity index (χ0v) is 15.5. The fraction of sp³-hybridized carbons (Fsp3) is 0.471. The average Bonchev–Trinajstić information content (AvgIpc) is 2.76. The van der Waals surface area contributed by atoms with Gasteiger partial charge in [-0.25, -0.2) is 4.79 Å². The van der Waals surface area contributed by atoms with Crippen LogP contribution in [0.25, 0.3) is 0 Å². The molecule has 7 nitrogen and oxygen atoms in total. The van der Waals surface area contributed by atoms with Gasteiger partial charge in [-0.15, -0.1) is 12.4 Å². The van der Waals surface area contributed by atoms with Crippen molar-refractivity contribution in [2.45, 2.75) is 25.8 Å². The minimum Gasteiger partial charge on any atom is -0.354 e. The number of aryl methyl sites for hydroxylation is 1. The van der Waals surface area contributed by atoms with Gasteiger partial charge in [-0.2, -0.15) is 0 Å². The largest absolute Gasteiger partial charge is 0.354 e. The number of hydrogen-bond donors (Lipinski definition) is 3.